The van der Waals surface area contributed by atoms with E-state index in [-0.39, 0.29) is 25.4 Å². The fraction of sp³-hybridized carbons (Fsp3) is 0.368. The molecule has 0 amide bonds. The van der Waals surface area contributed by atoms with Crippen LogP contribution >= 0.6 is 0 Å². The second-order valence-electron chi connectivity index (χ2n) is 6.07. The van der Waals surface area contributed by atoms with Crippen LogP contribution < -0.4 is 18.9 Å². The van der Waals surface area contributed by atoms with E-state index in [1.54, 1.807) is 14.2 Å². The van der Waals surface area contributed by atoms with Crippen molar-refractivity contribution in [3.63, 3.8) is 0 Å². The number of benzene rings is 2. The number of methoxy groups -OCH3 is 2. The predicted molar refractivity (Wildman–Crippen MR) is 89.5 cm³/mol. The molecule has 0 aromatic heterocycles. The molecular weight excluding hydrogens is 324 g/mol. The summed E-state index contributed by atoms with van der Waals surface area (Å²) in [7, 11) is 3.17. The molecule has 1 N–H and O–H groups in total. The Labute approximate surface area is 145 Å². The molecule has 0 spiro atoms. The highest BCUT2D eigenvalue weighted by molar-refractivity contribution is 5.54. The maximum atomic E-state index is 9.56. The monoisotopic (exact) mass is 344 g/mol. The Balaban J connectivity index is 1.67. The van der Waals surface area contributed by atoms with Crippen LogP contribution in [-0.4, -0.2) is 32.7 Å². The number of aliphatic hydroxyl groups is 1. The highest BCUT2D eigenvalue weighted by Crippen LogP contribution is 2.52. The molecule has 2 atom stereocenters. The zero-order chi connectivity index (χ0) is 17.4. The third-order valence-electron chi connectivity index (χ3n) is 4.66. The maximum Gasteiger partial charge on any atom is 0.188 e. The Hall–Kier alpha value is -2.44. The quantitative estimate of drug-likeness (QED) is 0.842. The van der Waals surface area contributed by atoms with E-state index in [4.69, 9.17) is 23.7 Å². The highest BCUT2D eigenvalue weighted by Gasteiger charge is 2.41. The van der Waals surface area contributed by atoms with Gasteiger partial charge in [0.2, 0.25) is 0 Å². The fourth-order valence-corrected chi connectivity index (χ4v) is 3.44. The summed E-state index contributed by atoms with van der Waals surface area (Å²) >= 11 is 0. The SMILES string of the molecule is COCOc1ccc2c(c1)OC[C@@H]1c3cc(CO)c(OC)cc3O[C@H]21. The van der Waals surface area contributed by atoms with Gasteiger partial charge in [-0.1, -0.05) is 0 Å². The first kappa shape index (κ1) is 16.1. The summed E-state index contributed by atoms with van der Waals surface area (Å²) in [5.74, 6) is 2.95. The van der Waals surface area contributed by atoms with E-state index in [0.717, 1.165) is 28.2 Å². The average Bonchev–Trinajstić information content (AvgIpc) is 3.02. The van der Waals surface area contributed by atoms with E-state index < -0.39 is 0 Å². The molecule has 4 rings (SSSR count). The summed E-state index contributed by atoms with van der Waals surface area (Å²) in [6.45, 7) is 0.623. The van der Waals surface area contributed by atoms with Crippen LogP contribution in [0.3, 0.4) is 0 Å². The van der Waals surface area contributed by atoms with Crippen LogP contribution in [0.2, 0.25) is 0 Å². The van der Waals surface area contributed by atoms with Crippen LogP contribution in [0.5, 0.6) is 23.0 Å². The van der Waals surface area contributed by atoms with E-state index in [2.05, 4.69) is 0 Å². The standard InChI is InChI=1S/C19H20O6/c1-21-10-24-12-3-4-13-17(6-12)23-9-15-14-5-11(8-20)16(22-2)7-18(14)25-19(13)15/h3-7,15,19-20H,8-10H2,1-2H3/t15-,19-/m1/s1. The number of ether oxygens (including phenoxy) is 5. The van der Waals surface area contributed by atoms with Crippen molar-refractivity contribution in [1.29, 1.82) is 0 Å². The van der Waals surface area contributed by atoms with Crippen molar-refractivity contribution in [2.75, 3.05) is 27.6 Å². The lowest BCUT2D eigenvalue weighted by molar-refractivity contribution is 0.0506. The van der Waals surface area contributed by atoms with Crippen LogP contribution in [0.1, 0.15) is 28.7 Å². The maximum absolute atomic E-state index is 9.56. The molecule has 6 nitrogen and oxygen atoms in total. The largest absolute Gasteiger partial charge is 0.496 e. The third-order valence-corrected chi connectivity index (χ3v) is 4.66. The molecule has 0 saturated heterocycles. The van der Waals surface area contributed by atoms with Gasteiger partial charge in [-0.25, -0.2) is 0 Å². The minimum absolute atomic E-state index is 0.0779. The summed E-state index contributed by atoms with van der Waals surface area (Å²) in [5, 5.41) is 9.56. The van der Waals surface area contributed by atoms with Gasteiger partial charge in [0.05, 0.1) is 26.2 Å². The molecule has 6 heteroatoms. The van der Waals surface area contributed by atoms with Gasteiger partial charge in [-0.3, -0.25) is 0 Å². The molecule has 0 saturated carbocycles. The van der Waals surface area contributed by atoms with Gasteiger partial charge in [0, 0.05) is 35.9 Å². The Kier molecular flexibility index (Phi) is 4.15. The van der Waals surface area contributed by atoms with Crippen molar-refractivity contribution >= 4 is 0 Å². The van der Waals surface area contributed by atoms with E-state index in [1.807, 2.05) is 30.3 Å². The second-order valence-corrected chi connectivity index (χ2v) is 6.07. The van der Waals surface area contributed by atoms with Gasteiger partial charge >= 0.3 is 0 Å². The lowest BCUT2D eigenvalue weighted by atomic mass is 9.88. The van der Waals surface area contributed by atoms with Crippen molar-refractivity contribution in [3.05, 3.63) is 47.0 Å². The van der Waals surface area contributed by atoms with Gasteiger partial charge < -0.3 is 28.8 Å². The molecule has 0 bridgehead atoms. The van der Waals surface area contributed by atoms with Crippen LogP contribution in [0, 0.1) is 0 Å². The molecule has 0 radical (unpaired) electrons. The summed E-state index contributed by atoms with van der Waals surface area (Å²) in [6.07, 6.45) is -0.117. The molecule has 2 aliphatic heterocycles. The molecular formula is C19H20O6. The summed E-state index contributed by atoms with van der Waals surface area (Å²) in [4.78, 5) is 0. The van der Waals surface area contributed by atoms with Gasteiger partial charge in [0.15, 0.2) is 6.79 Å². The summed E-state index contributed by atoms with van der Waals surface area (Å²) in [5.41, 5.74) is 2.78. The van der Waals surface area contributed by atoms with Crippen LogP contribution in [-0.2, 0) is 11.3 Å². The minimum Gasteiger partial charge on any atom is -0.496 e. The molecule has 2 heterocycles. The van der Waals surface area contributed by atoms with Gasteiger partial charge in [0.1, 0.15) is 29.1 Å². The predicted octanol–water partition coefficient (Wildman–Crippen LogP) is 2.78. The zero-order valence-electron chi connectivity index (χ0n) is 14.2. The summed E-state index contributed by atoms with van der Waals surface area (Å²) in [6, 6.07) is 9.50. The lowest BCUT2D eigenvalue weighted by Gasteiger charge is -2.28. The smallest absolute Gasteiger partial charge is 0.188 e. The number of hydrogen-bond donors (Lipinski definition) is 1. The van der Waals surface area contributed by atoms with Crippen LogP contribution in [0.4, 0.5) is 0 Å². The molecule has 2 aliphatic rings. The molecule has 2 aromatic rings. The second kappa shape index (κ2) is 6.46. The first-order valence-electron chi connectivity index (χ1n) is 8.12. The number of fused-ring (bicyclic) bond motifs is 5. The molecule has 2 aromatic carbocycles. The van der Waals surface area contributed by atoms with Gasteiger partial charge in [-0.2, -0.15) is 0 Å². The highest BCUT2D eigenvalue weighted by atomic mass is 16.7. The first-order chi connectivity index (χ1) is 12.2. The van der Waals surface area contributed by atoms with Gasteiger partial charge in [-0.05, 0) is 18.2 Å². The third kappa shape index (κ3) is 2.67. The number of aliphatic hydroxyl groups excluding tert-OH is 1. The van der Waals surface area contributed by atoms with Gasteiger partial charge in [0.25, 0.3) is 0 Å². The Bertz CT molecular complexity index is 788. The van der Waals surface area contributed by atoms with Crippen molar-refractivity contribution in [2.45, 2.75) is 18.6 Å². The van der Waals surface area contributed by atoms with Crippen LogP contribution in [0.25, 0.3) is 0 Å². The molecule has 0 fully saturated rings. The van der Waals surface area contributed by atoms with E-state index in [1.165, 1.54) is 0 Å². The molecule has 25 heavy (non-hydrogen) atoms. The lowest BCUT2D eigenvalue weighted by Crippen LogP contribution is -2.23. The number of rotatable bonds is 5. The normalized spacial score (nSPS) is 20.0. The van der Waals surface area contributed by atoms with Gasteiger partial charge in [-0.15, -0.1) is 0 Å². The molecule has 132 valence electrons. The summed E-state index contributed by atoms with van der Waals surface area (Å²) < 4.78 is 27.9. The number of hydrogen-bond acceptors (Lipinski definition) is 6. The van der Waals surface area contributed by atoms with Crippen molar-refractivity contribution < 1.29 is 28.8 Å². The van der Waals surface area contributed by atoms with E-state index >= 15 is 0 Å². The van der Waals surface area contributed by atoms with Crippen molar-refractivity contribution in [2.24, 2.45) is 0 Å². The minimum atomic E-state index is -0.117. The Morgan fingerprint density at radius 3 is 2.76 bits per heavy atom. The first-order valence-corrected chi connectivity index (χ1v) is 8.12. The van der Waals surface area contributed by atoms with Crippen molar-refractivity contribution in [1.82, 2.24) is 0 Å². The Morgan fingerprint density at radius 1 is 1.12 bits per heavy atom. The molecule has 0 aliphatic carbocycles. The Morgan fingerprint density at radius 2 is 2.00 bits per heavy atom. The van der Waals surface area contributed by atoms with E-state index in [0.29, 0.717) is 18.1 Å². The van der Waals surface area contributed by atoms with Crippen molar-refractivity contribution in [3.8, 4) is 23.0 Å². The fourth-order valence-electron chi connectivity index (χ4n) is 3.44. The topological polar surface area (TPSA) is 66.4 Å². The zero-order valence-corrected chi connectivity index (χ0v) is 14.2. The average molecular weight is 344 g/mol. The molecule has 0 unspecified atom stereocenters. The van der Waals surface area contributed by atoms with Crippen LogP contribution in [0.15, 0.2) is 30.3 Å². The van der Waals surface area contributed by atoms with E-state index in [9.17, 15) is 5.11 Å².